The number of rotatable bonds is 6. The molecule has 0 spiro atoms. The van der Waals surface area contributed by atoms with Gasteiger partial charge in [0.1, 0.15) is 5.69 Å². The minimum Gasteiger partial charge on any atom is -0.483 e. The van der Waals surface area contributed by atoms with Gasteiger partial charge in [-0.25, -0.2) is 13.4 Å². The van der Waals surface area contributed by atoms with E-state index < -0.39 is 10.0 Å². The zero-order valence-corrected chi connectivity index (χ0v) is 22.9. The minimum absolute atomic E-state index is 0.0278. The number of aromatic nitrogens is 3. The summed E-state index contributed by atoms with van der Waals surface area (Å²) in [6.45, 7) is 1.38. The fourth-order valence-corrected chi connectivity index (χ4v) is 7.47. The van der Waals surface area contributed by atoms with Crippen LogP contribution in [0, 0.1) is 0 Å². The number of thiazole rings is 1. The van der Waals surface area contributed by atoms with E-state index in [0.717, 1.165) is 35.9 Å². The Morgan fingerprint density at radius 3 is 2.58 bits per heavy atom. The molecule has 1 aliphatic carbocycles. The van der Waals surface area contributed by atoms with Crippen LogP contribution in [0.4, 0.5) is 5.69 Å². The van der Waals surface area contributed by atoms with E-state index in [-0.39, 0.29) is 35.4 Å². The number of halogens is 1. The Morgan fingerprint density at radius 1 is 1.03 bits per heavy atom. The van der Waals surface area contributed by atoms with E-state index in [9.17, 15) is 13.2 Å². The molecule has 38 heavy (non-hydrogen) atoms. The molecule has 1 saturated heterocycles. The van der Waals surface area contributed by atoms with Crippen LogP contribution in [0.5, 0.6) is 5.75 Å². The lowest BCUT2D eigenvalue weighted by Gasteiger charge is -2.36. The van der Waals surface area contributed by atoms with E-state index in [1.165, 1.54) is 20.3 Å². The van der Waals surface area contributed by atoms with E-state index in [2.05, 4.69) is 10.1 Å². The molecule has 3 heterocycles. The van der Waals surface area contributed by atoms with Crippen LogP contribution in [0.25, 0.3) is 15.9 Å². The molecule has 2 aromatic carbocycles. The average Bonchev–Trinajstić information content (AvgIpc) is 3.61. The maximum atomic E-state index is 13.6. The number of anilines is 1. The number of fused-ring (bicyclic) bond motifs is 1. The third-order valence-electron chi connectivity index (χ3n) is 7.07. The van der Waals surface area contributed by atoms with Crippen molar-refractivity contribution < 1.29 is 13.2 Å². The van der Waals surface area contributed by atoms with Gasteiger partial charge in [0, 0.05) is 31.2 Å². The molecule has 0 amide bonds. The standard InChI is InChI=1S/C26H26ClN5O4S2/c27-18-4-3-5-19(14-18)32-26(33)25(36-20-6-1-2-7-20)23(16-29-32)30-10-12-31(13-11-30)38(34,35)21-8-9-22-24(15-21)37-17-28-22/h3-5,8-9,14-17,20H,1-2,6-7,10-13H2. The number of sulfonamides is 1. The van der Waals surface area contributed by atoms with Crippen molar-refractivity contribution in [2.24, 2.45) is 0 Å². The van der Waals surface area contributed by atoms with E-state index >= 15 is 0 Å². The summed E-state index contributed by atoms with van der Waals surface area (Å²) in [7, 11) is -3.66. The van der Waals surface area contributed by atoms with Gasteiger partial charge in [0.25, 0.3) is 0 Å². The predicted octanol–water partition coefficient (Wildman–Crippen LogP) is 4.33. The normalized spacial score (nSPS) is 17.3. The van der Waals surface area contributed by atoms with Crippen LogP contribution in [0.2, 0.25) is 5.02 Å². The molecule has 4 aromatic rings. The van der Waals surface area contributed by atoms with Crippen LogP contribution in [0.1, 0.15) is 25.7 Å². The average molecular weight is 572 g/mol. The molecule has 198 valence electrons. The van der Waals surface area contributed by atoms with Gasteiger partial charge in [-0.05, 0) is 62.1 Å². The fraction of sp³-hybridized carbons (Fsp3) is 0.346. The zero-order valence-electron chi connectivity index (χ0n) is 20.5. The van der Waals surface area contributed by atoms with E-state index in [1.807, 2.05) is 4.90 Å². The Hall–Kier alpha value is -2.99. The largest absolute Gasteiger partial charge is 0.483 e. The first-order valence-electron chi connectivity index (χ1n) is 12.5. The molecular formula is C26H26ClN5O4S2. The molecule has 2 fully saturated rings. The molecule has 1 saturated carbocycles. The van der Waals surface area contributed by atoms with Crippen molar-refractivity contribution in [3.63, 3.8) is 0 Å². The van der Waals surface area contributed by atoms with Gasteiger partial charge in [-0.3, -0.25) is 4.79 Å². The summed E-state index contributed by atoms with van der Waals surface area (Å²) in [4.78, 5) is 20.1. The zero-order chi connectivity index (χ0) is 26.3. The molecule has 0 N–H and O–H groups in total. The van der Waals surface area contributed by atoms with Gasteiger partial charge in [-0.15, -0.1) is 11.3 Å². The van der Waals surface area contributed by atoms with Crippen molar-refractivity contribution in [1.82, 2.24) is 19.1 Å². The Balaban J connectivity index is 1.27. The Bertz CT molecular complexity index is 1640. The lowest BCUT2D eigenvalue weighted by atomic mass is 10.2. The highest BCUT2D eigenvalue weighted by molar-refractivity contribution is 7.89. The molecule has 12 heteroatoms. The Morgan fingerprint density at radius 2 is 1.82 bits per heavy atom. The van der Waals surface area contributed by atoms with Gasteiger partial charge in [0.2, 0.25) is 15.8 Å². The first-order chi connectivity index (χ1) is 18.4. The highest BCUT2D eigenvalue weighted by atomic mass is 35.5. The van der Waals surface area contributed by atoms with Crippen LogP contribution in [0.3, 0.4) is 0 Å². The van der Waals surface area contributed by atoms with Crippen LogP contribution in [-0.4, -0.2) is 59.8 Å². The highest BCUT2D eigenvalue weighted by Crippen LogP contribution is 2.31. The third kappa shape index (κ3) is 4.79. The first-order valence-corrected chi connectivity index (χ1v) is 15.2. The number of hydrogen-bond donors (Lipinski definition) is 0. The van der Waals surface area contributed by atoms with Crippen molar-refractivity contribution in [2.45, 2.75) is 36.7 Å². The van der Waals surface area contributed by atoms with Crippen LogP contribution in [-0.2, 0) is 10.0 Å². The lowest BCUT2D eigenvalue weighted by molar-refractivity contribution is 0.205. The Labute approximate surface area is 229 Å². The van der Waals surface area contributed by atoms with Crippen molar-refractivity contribution in [1.29, 1.82) is 0 Å². The highest BCUT2D eigenvalue weighted by Gasteiger charge is 2.31. The molecule has 0 radical (unpaired) electrons. The molecule has 0 unspecified atom stereocenters. The summed E-state index contributed by atoms with van der Waals surface area (Å²) in [5, 5.41) is 4.93. The van der Waals surface area contributed by atoms with Crippen molar-refractivity contribution in [2.75, 3.05) is 31.1 Å². The minimum atomic E-state index is -3.66. The summed E-state index contributed by atoms with van der Waals surface area (Å²) in [6, 6.07) is 12.0. The van der Waals surface area contributed by atoms with E-state index in [4.69, 9.17) is 16.3 Å². The summed E-state index contributed by atoms with van der Waals surface area (Å²) in [5.74, 6) is 0.249. The second-order valence-corrected chi connectivity index (χ2v) is 12.7. The SMILES string of the molecule is O=c1c(OC2CCCC2)c(N2CCN(S(=O)(=O)c3ccc4ncsc4c3)CC2)cnn1-c1cccc(Cl)c1. The van der Waals surface area contributed by atoms with Gasteiger partial charge in [-0.1, -0.05) is 17.7 Å². The molecule has 0 atom stereocenters. The van der Waals surface area contributed by atoms with E-state index in [1.54, 1.807) is 54.2 Å². The van der Waals surface area contributed by atoms with Crippen LogP contribution < -0.4 is 15.2 Å². The number of piperazine rings is 1. The smallest absolute Gasteiger partial charge is 0.316 e. The first kappa shape index (κ1) is 25.3. The van der Waals surface area contributed by atoms with Crippen molar-refractivity contribution >= 4 is 48.9 Å². The molecule has 0 bridgehead atoms. The topological polar surface area (TPSA) is 97.6 Å². The number of ether oxygens (including phenoxy) is 1. The number of hydrogen-bond acceptors (Lipinski definition) is 8. The van der Waals surface area contributed by atoms with Gasteiger partial charge in [0.15, 0.2) is 0 Å². The summed E-state index contributed by atoms with van der Waals surface area (Å²) < 4.78 is 36.7. The van der Waals surface area contributed by atoms with Crippen LogP contribution in [0.15, 0.2) is 63.9 Å². The number of benzene rings is 2. The molecule has 6 rings (SSSR count). The second kappa shape index (κ2) is 10.3. The van der Waals surface area contributed by atoms with Gasteiger partial charge in [0.05, 0.1) is 38.6 Å². The van der Waals surface area contributed by atoms with Gasteiger partial charge >= 0.3 is 5.56 Å². The third-order valence-corrected chi connectivity index (χ3v) is 10.00. The summed E-state index contributed by atoms with van der Waals surface area (Å²) in [5.41, 5.74) is 3.28. The monoisotopic (exact) mass is 571 g/mol. The summed E-state index contributed by atoms with van der Waals surface area (Å²) >= 11 is 7.57. The molecular weight excluding hydrogens is 546 g/mol. The Kier molecular flexibility index (Phi) is 6.85. The van der Waals surface area contributed by atoms with Crippen molar-refractivity contribution in [3.05, 3.63) is 69.5 Å². The molecule has 2 aliphatic rings. The fourth-order valence-electron chi connectivity index (χ4n) is 5.04. The maximum absolute atomic E-state index is 13.6. The molecule has 1 aliphatic heterocycles. The lowest BCUT2D eigenvalue weighted by Crippen LogP contribution is -2.49. The van der Waals surface area contributed by atoms with E-state index in [0.29, 0.717) is 29.5 Å². The quantitative estimate of drug-likeness (QED) is 0.340. The number of nitrogens with zero attached hydrogens (tertiary/aromatic N) is 5. The van der Waals surface area contributed by atoms with Crippen LogP contribution >= 0.6 is 22.9 Å². The predicted molar refractivity (Wildman–Crippen MR) is 148 cm³/mol. The summed E-state index contributed by atoms with van der Waals surface area (Å²) in [6.07, 6.45) is 5.53. The molecule has 9 nitrogen and oxygen atoms in total. The second-order valence-electron chi connectivity index (χ2n) is 9.45. The maximum Gasteiger partial charge on any atom is 0.316 e. The van der Waals surface area contributed by atoms with Crippen molar-refractivity contribution in [3.8, 4) is 11.4 Å². The van der Waals surface area contributed by atoms with Gasteiger partial charge < -0.3 is 9.64 Å². The molecule has 2 aromatic heterocycles. The van der Waals surface area contributed by atoms with Gasteiger partial charge in [-0.2, -0.15) is 14.1 Å².